The van der Waals surface area contributed by atoms with E-state index < -0.39 is 0 Å². The highest BCUT2D eigenvalue weighted by Gasteiger charge is 2.32. The zero-order chi connectivity index (χ0) is 24.2. The number of thiazole rings is 1. The minimum absolute atomic E-state index is 0.0154. The maximum Gasteiger partial charge on any atom is 0.261 e. The van der Waals surface area contributed by atoms with E-state index in [0.717, 1.165) is 27.2 Å². The van der Waals surface area contributed by atoms with E-state index in [-0.39, 0.29) is 24.5 Å². The fraction of sp³-hybridized carbons (Fsp3) is 0.259. The summed E-state index contributed by atoms with van der Waals surface area (Å²) >= 11 is 1.54. The van der Waals surface area contributed by atoms with Gasteiger partial charge in [-0.15, -0.1) is 11.3 Å². The van der Waals surface area contributed by atoms with Gasteiger partial charge in [-0.25, -0.2) is 4.98 Å². The number of fused-ring (bicyclic) bond motifs is 1. The Labute approximate surface area is 208 Å². The topological polar surface area (TPSA) is 75.6 Å². The van der Waals surface area contributed by atoms with Gasteiger partial charge in [-0.05, 0) is 30.7 Å². The quantitative estimate of drug-likeness (QED) is 0.413. The van der Waals surface area contributed by atoms with Gasteiger partial charge in [0.25, 0.3) is 5.91 Å². The van der Waals surface area contributed by atoms with Crippen molar-refractivity contribution in [2.24, 2.45) is 0 Å². The van der Waals surface area contributed by atoms with Crippen LogP contribution in [0.5, 0.6) is 5.75 Å². The molecule has 1 aliphatic heterocycles. The molecule has 0 radical (unpaired) electrons. The lowest BCUT2D eigenvalue weighted by atomic mass is 10.1. The van der Waals surface area contributed by atoms with Gasteiger partial charge in [0.05, 0.1) is 17.3 Å². The largest absolute Gasteiger partial charge is 0.484 e. The van der Waals surface area contributed by atoms with Gasteiger partial charge in [0.2, 0.25) is 5.91 Å². The number of ether oxygens (including phenoxy) is 1. The number of pyridine rings is 1. The minimum atomic E-state index is -0.224. The summed E-state index contributed by atoms with van der Waals surface area (Å²) in [7, 11) is 0. The molecule has 2 amide bonds. The first-order valence-corrected chi connectivity index (χ1v) is 12.5. The SMILES string of the molecule is CC(=O)N1CCC(c2nc(-c3ccnc4ccccc34)cs2)N(C(=O)COc2ccccc2)CC1. The second-order valence-electron chi connectivity index (χ2n) is 8.45. The number of nitrogens with zero attached hydrogens (tertiary/aromatic N) is 4. The summed E-state index contributed by atoms with van der Waals surface area (Å²) in [6.45, 7) is 3.02. The van der Waals surface area contributed by atoms with Gasteiger partial charge in [0.1, 0.15) is 10.8 Å². The lowest BCUT2D eigenvalue weighted by Crippen LogP contribution is -2.40. The predicted octanol–water partition coefficient (Wildman–Crippen LogP) is 4.56. The number of carbonyl (C=O) groups is 2. The van der Waals surface area contributed by atoms with Crippen LogP contribution in [-0.4, -0.2) is 57.8 Å². The van der Waals surface area contributed by atoms with Crippen LogP contribution in [0.15, 0.2) is 72.2 Å². The molecule has 1 saturated heterocycles. The van der Waals surface area contributed by atoms with Crippen LogP contribution < -0.4 is 4.74 Å². The van der Waals surface area contributed by atoms with E-state index in [9.17, 15) is 9.59 Å². The monoisotopic (exact) mass is 486 g/mol. The number of para-hydroxylation sites is 2. The number of hydrogen-bond donors (Lipinski definition) is 0. The van der Waals surface area contributed by atoms with E-state index in [1.807, 2.05) is 70.9 Å². The lowest BCUT2D eigenvalue weighted by molar-refractivity contribution is -0.136. The summed E-state index contributed by atoms with van der Waals surface area (Å²) in [6.07, 6.45) is 2.42. The first kappa shape index (κ1) is 23.0. The van der Waals surface area contributed by atoms with Crippen molar-refractivity contribution < 1.29 is 14.3 Å². The van der Waals surface area contributed by atoms with E-state index >= 15 is 0 Å². The molecule has 178 valence electrons. The average molecular weight is 487 g/mol. The number of rotatable bonds is 5. The zero-order valence-corrected chi connectivity index (χ0v) is 20.3. The molecule has 7 nitrogen and oxygen atoms in total. The average Bonchev–Trinajstić information content (AvgIpc) is 3.26. The molecule has 1 fully saturated rings. The van der Waals surface area contributed by atoms with Crippen molar-refractivity contribution in [3.63, 3.8) is 0 Å². The normalized spacial score (nSPS) is 16.2. The van der Waals surface area contributed by atoms with Crippen LogP contribution in [0.25, 0.3) is 22.2 Å². The lowest BCUT2D eigenvalue weighted by Gasteiger charge is -2.28. The number of carbonyl (C=O) groups excluding carboxylic acids is 2. The molecule has 2 aromatic heterocycles. The molecule has 8 heteroatoms. The third-order valence-corrected chi connectivity index (χ3v) is 7.21. The molecule has 0 spiro atoms. The number of benzene rings is 2. The molecule has 4 aromatic rings. The number of aromatic nitrogens is 2. The van der Waals surface area contributed by atoms with Gasteiger partial charge in [-0.2, -0.15) is 0 Å². The van der Waals surface area contributed by atoms with E-state index in [0.29, 0.717) is 31.8 Å². The van der Waals surface area contributed by atoms with Crippen molar-refractivity contribution in [3.05, 3.63) is 77.2 Å². The maximum absolute atomic E-state index is 13.3. The number of hydrogen-bond acceptors (Lipinski definition) is 6. The summed E-state index contributed by atoms with van der Waals surface area (Å²) in [5.41, 5.74) is 2.80. The Kier molecular flexibility index (Phi) is 6.72. The highest BCUT2D eigenvalue weighted by atomic mass is 32.1. The molecular formula is C27H26N4O3S. The number of amides is 2. The molecule has 1 atom stereocenters. The summed E-state index contributed by atoms with van der Waals surface area (Å²) in [6, 6.07) is 19.1. The fourth-order valence-electron chi connectivity index (χ4n) is 4.43. The van der Waals surface area contributed by atoms with Crippen molar-refractivity contribution in [2.75, 3.05) is 26.2 Å². The third kappa shape index (κ3) is 5.02. The van der Waals surface area contributed by atoms with Gasteiger partial charge >= 0.3 is 0 Å². The molecular weight excluding hydrogens is 460 g/mol. The van der Waals surface area contributed by atoms with Crippen LogP contribution in [0, 0.1) is 0 Å². The van der Waals surface area contributed by atoms with Crippen molar-refractivity contribution in [3.8, 4) is 17.0 Å². The van der Waals surface area contributed by atoms with Crippen LogP contribution in [0.2, 0.25) is 0 Å². The van der Waals surface area contributed by atoms with Crippen LogP contribution in [0.1, 0.15) is 24.4 Å². The molecule has 0 N–H and O–H groups in total. The Morgan fingerprint density at radius 1 is 1.03 bits per heavy atom. The van der Waals surface area contributed by atoms with Crippen molar-refractivity contribution in [2.45, 2.75) is 19.4 Å². The summed E-state index contributed by atoms with van der Waals surface area (Å²) in [4.78, 5) is 38.4. The smallest absolute Gasteiger partial charge is 0.261 e. The minimum Gasteiger partial charge on any atom is -0.484 e. The van der Waals surface area contributed by atoms with E-state index in [4.69, 9.17) is 9.72 Å². The molecule has 35 heavy (non-hydrogen) atoms. The van der Waals surface area contributed by atoms with Crippen LogP contribution in [0.4, 0.5) is 0 Å². The highest BCUT2D eigenvalue weighted by Crippen LogP contribution is 2.34. The Hall–Kier alpha value is -3.78. The van der Waals surface area contributed by atoms with Gasteiger partial charge in [0, 0.05) is 49.1 Å². The summed E-state index contributed by atoms with van der Waals surface area (Å²) in [5.74, 6) is 0.552. The Bertz CT molecular complexity index is 1340. The molecule has 2 aromatic carbocycles. The van der Waals surface area contributed by atoms with Crippen LogP contribution in [0.3, 0.4) is 0 Å². The Morgan fingerprint density at radius 3 is 2.66 bits per heavy atom. The van der Waals surface area contributed by atoms with Crippen molar-refractivity contribution in [1.82, 2.24) is 19.8 Å². The first-order chi connectivity index (χ1) is 17.1. The zero-order valence-electron chi connectivity index (χ0n) is 19.5. The Morgan fingerprint density at radius 2 is 1.83 bits per heavy atom. The van der Waals surface area contributed by atoms with Crippen molar-refractivity contribution in [1.29, 1.82) is 0 Å². The van der Waals surface area contributed by atoms with Crippen LogP contribution >= 0.6 is 11.3 Å². The first-order valence-electron chi connectivity index (χ1n) is 11.6. The third-order valence-electron chi connectivity index (χ3n) is 6.26. The van der Waals surface area contributed by atoms with Gasteiger partial charge in [0.15, 0.2) is 6.61 Å². The molecule has 0 bridgehead atoms. The van der Waals surface area contributed by atoms with Gasteiger partial charge < -0.3 is 14.5 Å². The molecule has 1 unspecified atom stereocenters. The maximum atomic E-state index is 13.3. The molecule has 0 saturated carbocycles. The summed E-state index contributed by atoms with van der Waals surface area (Å²) in [5, 5.41) is 3.94. The van der Waals surface area contributed by atoms with Gasteiger partial charge in [-0.3, -0.25) is 14.6 Å². The van der Waals surface area contributed by atoms with Crippen molar-refractivity contribution >= 4 is 34.1 Å². The molecule has 1 aliphatic rings. The van der Waals surface area contributed by atoms with E-state index in [1.54, 1.807) is 29.4 Å². The van der Waals surface area contributed by atoms with E-state index in [2.05, 4.69) is 4.98 Å². The van der Waals surface area contributed by atoms with E-state index in [1.165, 1.54) is 0 Å². The van der Waals surface area contributed by atoms with Gasteiger partial charge in [-0.1, -0.05) is 36.4 Å². The second-order valence-corrected chi connectivity index (χ2v) is 9.34. The highest BCUT2D eigenvalue weighted by molar-refractivity contribution is 7.10. The summed E-state index contributed by atoms with van der Waals surface area (Å²) < 4.78 is 5.75. The molecule has 5 rings (SSSR count). The Balaban J connectivity index is 1.42. The molecule has 3 heterocycles. The fourth-order valence-corrected chi connectivity index (χ4v) is 5.39. The standard InChI is InChI=1S/C27H26N4O3S/c1-19(32)30-14-12-25(31(16-15-30)26(33)17-34-20-7-3-2-4-8-20)27-29-24(18-35-27)22-11-13-28-23-10-6-5-9-21(22)23/h2-11,13,18,25H,12,14-17H2,1H3. The van der Waals surface area contributed by atoms with Crippen LogP contribution in [-0.2, 0) is 9.59 Å². The molecule has 0 aliphatic carbocycles. The predicted molar refractivity (Wildman–Crippen MR) is 136 cm³/mol. The second kappa shape index (κ2) is 10.2.